The van der Waals surface area contributed by atoms with Crippen molar-refractivity contribution in [1.29, 1.82) is 0 Å². The van der Waals surface area contributed by atoms with Crippen LogP contribution in [0.4, 0.5) is 5.69 Å². The fourth-order valence-electron chi connectivity index (χ4n) is 5.52. The number of pyridine rings is 1. The van der Waals surface area contributed by atoms with Crippen LogP contribution >= 0.6 is 12.2 Å². The highest BCUT2D eigenvalue weighted by molar-refractivity contribution is 7.80. The Bertz CT molecular complexity index is 1390. The molecule has 178 valence electrons. The largest absolute Gasteiger partial charge is 0.508 e. The topological polar surface area (TPSA) is 53.3 Å². The minimum atomic E-state index is -0.119. The number of hydrogen-bond acceptors (Lipinski definition) is 3. The molecule has 2 atom stereocenters. The number of anilines is 1. The van der Waals surface area contributed by atoms with E-state index >= 15 is 0 Å². The molecular formula is C29H30N4OS. The molecule has 5 nitrogen and oxygen atoms in total. The molecule has 0 aliphatic carbocycles. The van der Waals surface area contributed by atoms with Crippen molar-refractivity contribution < 1.29 is 5.11 Å². The van der Waals surface area contributed by atoms with Crippen molar-refractivity contribution in [1.82, 2.24) is 14.9 Å². The monoisotopic (exact) mass is 482 g/mol. The van der Waals surface area contributed by atoms with Gasteiger partial charge in [-0.15, -0.1) is 0 Å². The maximum atomic E-state index is 9.88. The van der Waals surface area contributed by atoms with Crippen molar-refractivity contribution in [3.05, 3.63) is 106 Å². The Kier molecular flexibility index (Phi) is 5.85. The van der Waals surface area contributed by atoms with Crippen LogP contribution in [0.15, 0.2) is 66.9 Å². The van der Waals surface area contributed by atoms with Crippen LogP contribution in [0.2, 0.25) is 0 Å². The summed E-state index contributed by atoms with van der Waals surface area (Å²) < 4.78 is 2.37. The van der Waals surface area contributed by atoms with Gasteiger partial charge in [-0.05, 0) is 106 Å². The number of hydrogen-bond donors (Lipinski definition) is 2. The van der Waals surface area contributed by atoms with Crippen LogP contribution in [-0.4, -0.2) is 19.8 Å². The fraction of sp³-hybridized carbons (Fsp3) is 0.241. The highest BCUT2D eigenvalue weighted by Gasteiger charge is 2.42. The van der Waals surface area contributed by atoms with Crippen molar-refractivity contribution in [2.24, 2.45) is 0 Å². The summed E-state index contributed by atoms with van der Waals surface area (Å²) in [6, 6.07) is 19.7. The maximum absolute atomic E-state index is 9.88. The van der Waals surface area contributed by atoms with Gasteiger partial charge >= 0.3 is 0 Å². The molecule has 6 heteroatoms. The van der Waals surface area contributed by atoms with Gasteiger partial charge in [0.15, 0.2) is 5.11 Å². The van der Waals surface area contributed by atoms with E-state index in [0.29, 0.717) is 5.11 Å². The summed E-state index contributed by atoms with van der Waals surface area (Å²) in [5.74, 6) is 0.230. The lowest BCUT2D eigenvalue weighted by Crippen LogP contribution is -2.29. The molecule has 0 saturated carbocycles. The molecule has 2 aromatic heterocycles. The van der Waals surface area contributed by atoms with Gasteiger partial charge in [0, 0.05) is 23.3 Å². The Morgan fingerprint density at radius 2 is 1.60 bits per heavy atom. The van der Waals surface area contributed by atoms with Crippen molar-refractivity contribution >= 4 is 23.0 Å². The van der Waals surface area contributed by atoms with Crippen LogP contribution in [-0.2, 0) is 0 Å². The number of thiocarbonyl (C=S) groups is 1. The molecule has 0 radical (unpaired) electrons. The van der Waals surface area contributed by atoms with Gasteiger partial charge in [0.2, 0.25) is 0 Å². The van der Waals surface area contributed by atoms with E-state index < -0.39 is 0 Å². The SMILES string of the molecule is Cc1cc(C)c(-n2c(C)cc(C3C(c4ccccn4)NC(=S)N3c3ccc(O)cc3)c2C)c(C)c1. The van der Waals surface area contributed by atoms with Crippen LogP contribution in [0.5, 0.6) is 5.75 Å². The van der Waals surface area contributed by atoms with Crippen LogP contribution in [0, 0.1) is 34.6 Å². The molecule has 4 aromatic rings. The third-order valence-electron chi connectivity index (χ3n) is 6.87. The molecule has 1 aliphatic heterocycles. The zero-order chi connectivity index (χ0) is 24.9. The zero-order valence-corrected chi connectivity index (χ0v) is 21.5. The summed E-state index contributed by atoms with van der Waals surface area (Å²) in [4.78, 5) is 6.82. The van der Waals surface area contributed by atoms with Crippen molar-refractivity contribution in [2.45, 2.75) is 46.7 Å². The summed E-state index contributed by atoms with van der Waals surface area (Å²) in [5, 5.41) is 14.1. The summed E-state index contributed by atoms with van der Waals surface area (Å²) in [7, 11) is 0. The molecule has 1 fully saturated rings. The average Bonchev–Trinajstić information content (AvgIpc) is 3.30. The number of aromatic nitrogens is 2. The lowest BCUT2D eigenvalue weighted by Gasteiger charge is -2.28. The van der Waals surface area contributed by atoms with E-state index in [0.717, 1.165) is 11.4 Å². The Hall–Kier alpha value is -3.64. The lowest BCUT2D eigenvalue weighted by molar-refractivity contribution is 0.475. The van der Waals surface area contributed by atoms with E-state index in [4.69, 9.17) is 12.2 Å². The van der Waals surface area contributed by atoms with Crippen LogP contribution in [0.25, 0.3) is 5.69 Å². The molecule has 0 bridgehead atoms. The number of benzene rings is 2. The molecule has 3 heterocycles. The molecule has 2 N–H and O–H groups in total. The normalized spacial score (nSPS) is 17.6. The van der Waals surface area contributed by atoms with Crippen LogP contribution in [0.3, 0.4) is 0 Å². The highest BCUT2D eigenvalue weighted by atomic mass is 32.1. The lowest BCUT2D eigenvalue weighted by atomic mass is 9.96. The summed E-state index contributed by atoms with van der Waals surface area (Å²) in [5.41, 5.74) is 10.4. The summed E-state index contributed by atoms with van der Waals surface area (Å²) in [6.07, 6.45) is 1.82. The predicted octanol–water partition coefficient (Wildman–Crippen LogP) is 6.30. The van der Waals surface area contributed by atoms with Crippen molar-refractivity contribution in [3.63, 3.8) is 0 Å². The number of aromatic hydroxyl groups is 1. The molecule has 35 heavy (non-hydrogen) atoms. The molecule has 5 rings (SSSR count). The Labute approximate surface area is 212 Å². The molecule has 0 amide bonds. The Morgan fingerprint density at radius 3 is 2.23 bits per heavy atom. The van der Waals surface area contributed by atoms with Gasteiger partial charge in [0.1, 0.15) is 5.75 Å². The third kappa shape index (κ3) is 3.98. The number of rotatable bonds is 4. The highest BCUT2D eigenvalue weighted by Crippen LogP contribution is 2.44. The first-order valence-electron chi connectivity index (χ1n) is 11.8. The van der Waals surface area contributed by atoms with Gasteiger partial charge in [0.05, 0.1) is 23.5 Å². The minimum Gasteiger partial charge on any atom is -0.508 e. The zero-order valence-electron chi connectivity index (χ0n) is 20.7. The number of nitrogens with zero attached hydrogens (tertiary/aromatic N) is 3. The molecule has 1 saturated heterocycles. The van der Waals surface area contributed by atoms with Gasteiger partial charge in [0.25, 0.3) is 0 Å². The molecule has 2 unspecified atom stereocenters. The van der Waals surface area contributed by atoms with Crippen molar-refractivity contribution in [3.8, 4) is 11.4 Å². The van der Waals surface area contributed by atoms with Gasteiger partial charge in [-0.1, -0.05) is 23.8 Å². The second-order valence-electron chi connectivity index (χ2n) is 9.42. The Balaban J connectivity index is 1.71. The summed E-state index contributed by atoms with van der Waals surface area (Å²) in [6.45, 7) is 10.9. The number of phenolic OH excluding ortho intramolecular Hbond substituents is 1. The first-order chi connectivity index (χ1) is 16.8. The molecule has 2 aromatic carbocycles. The second-order valence-corrected chi connectivity index (χ2v) is 9.81. The maximum Gasteiger partial charge on any atom is 0.174 e. The average molecular weight is 483 g/mol. The van der Waals surface area contributed by atoms with Gasteiger partial charge in [-0.3, -0.25) is 4.98 Å². The first kappa shape index (κ1) is 23.1. The molecule has 1 aliphatic rings. The number of nitrogens with one attached hydrogen (secondary N) is 1. The molecule has 0 spiro atoms. The summed E-state index contributed by atoms with van der Waals surface area (Å²) >= 11 is 5.86. The van der Waals surface area contributed by atoms with Gasteiger partial charge in [-0.25, -0.2) is 0 Å². The minimum absolute atomic E-state index is 0.104. The smallest absolute Gasteiger partial charge is 0.174 e. The van der Waals surface area contributed by atoms with E-state index in [1.54, 1.807) is 12.1 Å². The quantitative estimate of drug-likeness (QED) is 0.335. The third-order valence-corrected chi connectivity index (χ3v) is 7.19. The van der Waals surface area contributed by atoms with Crippen molar-refractivity contribution in [2.75, 3.05) is 4.90 Å². The van der Waals surface area contributed by atoms with E-state index in [9.17, 15) is 5.11 Å². The molecular weight excluding hydrogens is 452 g/mol. The van der Waals surface area contributed by atoms with E-state index in [2.05, 4.69) is 72.6 Å². The Morgan fingerprint density at radius 1 is 0.914 bits per heavy atom. The fourth-order valence-corrected chi connectivity index (χ4v) is 5.86. The van der Waals surface area contributed by atoms with Gasteiger partial charge in [-0.2, -0.15) is 0 Å². The predicted molar refractivity (Wildman–Crippen MR) is 145 cm³/mol. The van der Waals surface area contributed by atoms with Gasteiger partial charge < -0.3 is 19.9 Å². The van der Waals surface area contributed by atoms with Crippen LogP contribution in [0.1, 0.15) is 51.4 Å². The number of aryl methyl sites for hydroxylation is 4. The van der Waals surface area contributed by atoms with E-state index in [1.807, 2.05) is 36.5 Å². The standard InChI is InChI=1S/C29H30N4OS/c1-17-14-18(2)27(19(3)15-17)32-20(4)16-24(21(32)5)28-26(25-8-6-7-13-30-25)31-29(35)33(28)22-9-11-23(34)12-10-22/h6-16,26,28,34H,1-5H3,(H,31,35). The van der Waals surface area contributed by atoms with E-state index in [1.165, 1.54) is 39.3 Å². The number of phenols is 1. The second kappa shape index (κ2) is 8.86. The van der Waals surface area contributed by atoms with E-state index in [-0.39, 0.29) is 17.8 Å². The first-order valence-corrected chi connectivity index (χ1v) is 12.2. The van der Waals surface area contributed by atoms with Crippen LogP contribution < -0.4 is 10.2 Å².